The summed E-state index contributed by atoms with van der Waals surface area (Å²) in [4.78, 5) is 27.7. The lowest BCUT2D eigenvalue weighted by Gasteiger charge is -2.31. The fraction of sp³-hybridized carbons (Fsp3) is 0.368. The van der Waals surface area contributed by atoms with Gasteiger partial charge in [0.05, 0.1) is 28.5 Å². The molecule has 0 spiro atoms. The van der Waals surface area contributed by atoms with Gasteiger partial charge in [-0.15, -0.1) is 0 Å². The van der Waals surface area contributed by atoms with Crippen LogP contribution in [0.2, 0.25) is 5.02 Å². The molecule has 10 nitrogen and oxygen atoms in total. The van der Waals surface area contributed by atoms with E-state index in [9.17, 15) is 9.90 Å². The van der Waals surface area contributed by atoms with Crippen molar-refractivity contribution in [2.45, 2.75) is 64.3 Å². The van der Waals surface area contributed by atoms with Crippen LogP contribution in [0.4, 0.5) is 17.2 Å². The molecular formula is C38H41ClN8O2. The highest BCUT2D eigenvalue weighted by Crippen LogP contribution is 2.39. The van der Waals surface area contributed by atoms with Crippen molar-refractivity contribution < 1.29 is 9.90 Å². The number of nitrogens with one attached hydrogen (secondary N) is 2. The van der Waals surface area contributed by atoms with Gasteiger partial charge in [-0.3, -0.25) is 24.3 Å². The van der Waals surface area contributed by atoms with Crippen LogP contribution in [0, 0.1) is 6.92 Å². The first-order valence-corrected chi connectivity index (χ1v) is 17.7. The predicted octanol–water partition coefficient (Wildman–Crippen LogP) is 6.95. The van der Waals surface area contributed by atoms with Crippen molar-refractivity contribution in [3.8, 4) is 11.1 Å². The summed E-state index contributed by atoms with van der Waals surface area (Å²) in [6.07, 6.45) is 8.87. The lowest BCUT2D eigenvalue weighted by atomic mass is 9.98. The van der Waals surface area contributed by atoms with Crippen molar-refractivity contribution in [2.24, 2.45) is 0 Å². The number of aryl methyl sites for hydroxylation is 1. The lowest BCUT2D eigenvalue weighted by Crippen LogP contribution is -2.30. The SMILES string of the molecule is Cc1c(NC(=O)c2cc3n(n2)CCCC3N2CCCC2)cccc1-c1cccc(Nc2nccc3cc(CN4CC[C@@H](O)C4)cnc23)c1Cl. The van der Waals surface area contributed by atoms with E-state index in [1.54, 1.807) is 6.20 Å². The van der Waals surface area contributed by atoms with Gasteiger partial charge < -0.3 is 15.7 Å². The number of benzene rings is 2. The normalized spacial score (nSPS) is 19.7. The molecule has 2 aromatic carbocycles. The number of likely N-dealkylation sites (tertiary alicyclic amines) is 2. The van der Waals surface area contributed by atoms with Gasteiger partial charge in [0.15, 0.2) is 11.5 Å². The average molecular weight is 677 g/mol. The zero-order valence-electron chi connectivity index (χ0n) is 27.7. The minimum Gasteiger partial charge on any atom is -0.392 e. The number of halogens is 1. The Balaban J connectivity index is 1.02. The molecule has 0 bridgehead atoms. The molecule has 49 heavy (non-hydrogen) atoms. The quantitative estimate of drug-likeness (QED) is 0.162. The summed E-state index contributed by atoms with van der Waals surface area (Å²) in [6.45, 7) is 7.41. The Kier molecular flexibility index (Phi) is 8.80. The Hall–Kier alpha value is -4.35. The summed E-state index contributed by atoms with van der Waals surface area (Å²) in [7, 11) is 0. The maximum absolute atomic E-state index is 13.5. The summed E-state index contributed by atoms with van der Waals surface area (Å²) < 4.78 is 2.03. The number of hydrogen-bond acceptors (Lipinski definition) is 8. The van der Waals surface area contributed by atoms with Crippen LogP contribution in [-0.4, -0.2) is 72.8 Å². The van der Waals surface area contributed by atoms with Crippen LogP contribution in [0.3, 0.4) is 0 Å². The number of carbonyl (C=O) groups excluding carboxylic acids is 1. The first-order chi connectivity index (χ1) is 23.9. The number of aliphatic hydroxyl groups excluding tert-OH is 1. The number of carbonyl (C=O) groups is 1. The van der Waals surface area contributed by atoms with Gasteiger partial charge in [-0.25, -0.2) is 4.98 Å². The van der Waals surface area contributed by atoms with Crippen LogP contribution in [0.1, 0.15) is 65.5 Å². The highest BCUT2D eigenvalue weighted by atomic mass is 35.5. The number of aromatic nitrogens is 4. The number of rotatable bonds is 8. The third-order valence-electron chi connectivity index (χ3n) is 10.2. The molecule has 3 aromatic heterocycles. The van der Waals surface area contributed by atoms with Gasteiger partial charge >= 0.3 is 0 Å². The molecule has 11 heteroatoms. The van der Waals surface area contributed by atoms with E-state index in [2.05, 4.69) is 31.5 Å². The lowest BCUT2D eigenvalue weighted by molar-refractivity contribution is 0.102. The number of aliphatic hydroxyl groups is 1. The second-order valence-electron chi connectivity index (χ2n) is 13.6. The second-order valence-corrected chi connectivity index (χ2v) is 13.9. The van der Waals surface area contributed by atoms with Gasteiger partial charge in [0.25, 0.3) is 5.91 Å². The molecule has 0 saturated carbocycles. The smallest absolute Gasteiger partial charge is 0.276 e. The molecule has 3 aliphatic rings. The predicted molar refractivity (Wildman–Crippen MR) is 193 cm³/mol. The minimum absolute atomic E-state index is 0.209. The van der Waals surface area contributed by atoms with E-state index in [0.717, 1.165) is 96.5 Å². The molecule has 3 aliphatic heterocycles. The molecule has 252 valence electrons. The largest absolute Gasteiger partial charge is 0.392 e. The molecule has 2 atom stereocenters. The Morgan fingerprint density at radius 1 is 0.959 bits per heavy atom. The Bertz CT molecular complexity index is 2020. The third-order valence-corrected chi connectivity index (χ3v) is 10.7. The highest BCUT2D eigenvalue weighted by Gasteiger charge is 2.30. The van der Waals surface area contributed by atoms with Crippen molar-refractivity contribution in [1.82, 2.24) is 29.5 Å². The van der Waals surface area contributed by atoms with Crippen LogP contribution in [0.15, 0.2) is 67.0 Å². The van der Waals surface area contributed by atoms with Crippen LogP contribution in [-0.2, 0) is 13.1 Å². The third kappa shape index (κ3) is 6.41. The van der Waals surface area contributed by atoms with E-state index < -0.39 is 0 Å². The van der Waals surface area contributed by atoms with E-state index in [1.165, 1.54) is 12.8 Å². The maximum Gasteiger partial charge on any atom is 0.276 e. The van der Waals surface area contributed by atoms with Gasteiger partial charge in [-0.05, 0) is 99.1 Å². The molecule has 1 amide bonds. The van der Waals surface area contributed by atoms with Crippen LogP contribution < -0.4 is 10.6 Å². The summed E-state index contributed by atoms with van der Waals surface area (Å²) in [6, 6.07) is 18.2. The molecule has 2 fully saturated rings. The first kappa shape index (κ1) is 31.9. The van der Waals surface area contributed by atoms with Gasteiger partial charge in [-0.1, -0.05) is 35.9 Å². The molecule has 5 aromatic rings. The first-order valence-electron chi connectivity index (χ1n) is 17.3. The van der Waals surface area contributed by atoms with Crippen molar-refractivity contribution in [1.29, 1.82) is 0 Å². The number of pyridine rings is 2. The Labute approximate surface area is 291 Å². The molecule has 0 aliphatic carbocycles. The van der Waals surface area contributed by atoms with Crippen LogP contribution in [0.5, 0.6) is 0 Å². The molecule has 1 unspecified atom stereocenters. The van der Waals surface area contributed by atoms with Crippen molar-refractivity contribution in [2.75, 3.05) is 36.8 Å². The zero-order valence-corrected chi connectivity index (χ0v) is 28.5. The highest BCUT2D eigenvalue weighted by molar-refractivity contribution is 6.36. The number of fused-ring (bicyclic) bond motifs is 2. The monoisotopic (exact) mass is 676 g/mol. The van der Waals surface area contributed by atoms with Crippen LogP contribution in [0.25, 0.3) is 22.0 Å². The van der Waals surface area contributed by atoms with Gasteiger partial charge in [0, 0.05) is 55.2 Å². The summed E-state index contributed by atoms with van der Waals surface area (Å²) in [5, 5.41) is 22.7. The topological polar surface area (TPSA) is 111 Å². The molecule has 0 radical (unpaired) electrons. The van der Waals surface area contributed by atoms with Crippen molar-refractivity contribution in [3.63, 3.8) is 0 Å². The average Bonchev–Trinajstić information content (AvgIpc) is 3.88. The number of hydrogen-bond donors (Lipinski definition) is 3. The van der Waals surface area contributed by atoms with E-state index in [1.807, 2.05) is 66.3 Å². The Morgan fingerprint density at radius 3 is 2.59 bits per heavy atom. The van der Waals surface area contributed by atoms with E-state index >= 15 is 0 Å². The van der Waals surface area contributed by atoms with Gasteiger partial charge in [0.1, 0.15) is 5.52 Å². The molecule has 6 heterocycles. The second kappa shape index (κ2) is 13.5. The molecule has 2 saturated heterocycles. The maximum atomic E-state index is 13.5. The van der Waals surface area contributed by atoms with Gasteiger partial charge in [0.2, 0.25) is 0 Å². The molecular weight excluding hydrogens is 636 g/mol. The van der Waals surface area contributed by atoms with E-state index in [-0.39, 0.29) is 12.0 Å². The van der Waals surface area contributed by atoms with E-state index in [4.69, 9.17) is 21.7 Å². The van der Waals surface area contributed by atoms with Crippen molar-refractivity contribution >= 4 is 45.6 Å². The standard InChI is InChI=1S/C38H41ClN8O2/c1-24-28(7-4-9-30(24)43-38(49)32-20-34-33(46-15-2-3-16-46)11-6-17-47(34)44-32)29-8-5-10-31(35(29)39)42-37-36-26(12-14-40-37)19-25(21-41-36)22-45-18-13-27(48)23-45/h4-5,7-10,12,14,19-21,27,33,48H,2-3,6,11,13,15-18,22-23H2,1H3,(H,40,42)(H,43,49)/t27-,33?/m1/s1. The molecule has 3 N–H and O–H groups in total. The fourth-order valence-corrected chi connectivity index (χ4v) is 7.98. The number of β-amino-alcohol motifs (C(OH)–C–C–N with tert-alkyl or cyclic N) is 1. The Morgan fingerprint density at radius 2 is 1.78 bits per heavy atom. The van der Waals surface area contributed by atoms with Crippen molar-refractivity contribution in [3.05, 3.63) is 94.5 Å². The number of amides is 1. The van der Waals surface area contributed by atoms with Gasteiger partial charge in [-0.2, -0.15) is 5.10 Å². The van der Waals surface area contributed by atoms with E-state index in [0.29, 0.717) is 34.8 Å². The fourth-order valence-electron chi connectivity index (χ4n) is 7.71. The minimum atomic E-state index is -0.251. The number of nitrogens with zero attached hydrogens (tertiary/aromatic N) is 6. The summed E-state index contributed by atoms with van der Waals surface area (Å²) >= 11 is 7.09. The molecule has 8 rings (SSSR count). The number of anilines is 3. The zero-order chi connectivity index (χ0) is 33.5. The van der Waals surface area contributed by atoms with Crippen LogP contribution >= 0.6 is 11.6 Å². The summed E-state index contributed by atoms with van der Waals surface area (Å²) in [5.41, 5.74) is 7.56. The summed E-state index contributed by atoms with van der Waals surface area (Å²) in [5.74, 6) is 0.409.